The second-order valence-electron chi connectivity index (χ2n) is 6.54. The minimum absolute atomic E-state index is 0.324. The lowest BCUT2D eigenvalue weighted by Gasteiger charge is -2.39. The molecular formula is C20H19NO5. The molecule has 0 spiro atoms. The summed E-state index contributed by atoms with van der Waals surface area (Å²) in [7, 11) is 0. The Balaban J connectivity index is 1.67. The summed E-state index contributed by atoms with van der Waals surface area (Å²) in [5, 5.41) is 9.47. The fourth-order valence-corrected chi connectivity index (χ4v) is 3.60. The van der Waals surface area contributed by atoms with Crippen LogP contribution >= 0.6 is 0 Å². The van der Waals surface area contributed by atoms with Gasteiger partial charge in [-0.15, -0.1) is 0 Å². The highest BCUT2D eigenvalue weighted by atomic mass is 16.7. The van der Waals surface area contributed by atoms with Gasteiger partial charge in [0.05, 0.1) is 6.04 Å². The molecule has 4 rings (SSSR count). The van der Waals surface area contributed by atoms with E-state index in [-0.39, 0.29) is 5.91 Å². The highest BCUT2D eigenvalue weighted by Gasteiger charge is 2.55. The van der Waals surface area contributed by atoms with Gasteiger partial charge < -0.3 is 19.5 Å². The number of rotatable bonds is 5. The normalized spacial score (nSPS) is 27.5. The zero-order valence-corrected chi connectivity index (χ0v) is 14.0. The Morgan fingerprint density at radius 3 is 2.19 bits per heavy atom. The van der Waals surface area contributed by atoms with Crippen molar-refractivity contribution < 1.29 is 24.2 Å². The van der Waals surface area contributed by atoms with E-state index in [1.165, 1.54) is 0 Å². The zero-order chi connectivity index (χ0) is 18.1. The van der Waals surface area contributed by atoms with Crippen molar-refractivity contribution in [2.45, 2.75) is 37.5 Å². The van der Waals surface area contributed by atoms with Gasteiger partial charge in [-0.2, -0.15) is 0 Å². The third-order valence-corrected chi connectivity index (χ3v) is 4.84. The first-order chi connectivity index (χ1) is 12.6. The average molecular weight is 353 g/mol. The molecule has 0 radical (unpaired) electrons. The zero-order valence-electron chi connectivity index (χ0n) is 14.0. The van der Waals surface area contributed by atoms with Gasteiger partial charge in [0.1, 0.15) is 6.10 Å². The van der Waals surface area contributed by atoms with Crippen molar-refractivity contribution >= 4 is 11.9 Å². The summed E-state index contributed by atoms with van der Waals surface area (Å²) in [6, 6.07) is 18.9. The van der Waals surface area contributed by atoms with Gasteiger partial charge in [0.15, 0.2) is 6.10 Å². The summed E-state index contributed by atoms with van der Waals surface area (Å²) < 4.78 is 11.0. The minimum atomic E-state index is -1.14. The van der Waals surface area contributed by atoms with Crippen LogP contribution in [0.1, 0.15) is 11.1 Å². The van der Waals surface area contributed by atoms with Crippen molar-refractivity contribution in [3.8, 4) is 0 Å². The molecule has 6 nitrogen and oxygen atoms in total. The number of nitrogens with zero attached hydrogens (tertiary/aromatic N) is 1. The van der Waals surface area contributed by atoms with Gasteiger partial charge in [-0.3, -0.25) is 4.79 Å². The van der Waals surface area contributed by atoms with E-state index in [4.69, 9.17) is 9.47 Å². The average Bonchev–Trinajstić information content (AvgIpc) is 3.07. The van der Waals surface area contributed by atoms with Crippen LogP contribution in [0.5, 0.6) is 0 Å². The van der Waals surface area contributed by atoms with E-state index < -0.39 is 30.5 Å². The van der Waals surface area contributed by atoms with Gasteiger partial charge in [0.2, 0.25) is 6.29 Å². The maximum Gasteiger partial charge on any atom is 0.335 e. The molecule has 26 heavy (non-hydrogen) atoms. The Labute approximate surface area is 151 Å². The molecule has 0 saturated carbocycles. The Morgan fingerprint density at radius 1 is 0.962 bits per heavy atom. The van der Waals surface area contributed by atoms with Gasteiger partial charge in [0.25, 0.3) is 5.91 Å². The van der Waals surface area contributed by atoms with E-state index >= 15 is 0 Å². The van der Waals surface area contributed by atoms with Crippen LogP contribution in [0.25, 0.3) is 0 Å². The molecule has 1 N–H and O–H groups in total. The number of carbonyl (C=O) groups excluding carboxylic acids is 1. The fourth-order valence-electron chi connectivity index (χ4n) is 3.60. The van der Waals surface area contributed by atoms with Gasteiger partial charge >= 0.3 is 5.97 Å². The smallest absolute Gasteiger partial charge is 0.335 e. The molecule has 1 amide bonds. The molecule has 2 bridgehead atoms. The summed E-state index contributed by atoms with van der Waals surface area (Å²) in [6.07, 6.45) is -2.47. The summed E-state index contributed by atoms with van der Waals surface area (Å²) >= 11 is 0. The Bertz CT molecular complexity index is 794. The quantitative estimate of drug-likeness (QED) is 0.888. The Kier molecular flexibility index (Phi) is 4.44. The van der Waals surface area contributed by atoms with Crippen LogP contribution in [0.3, 0.4) is 0 Å². The van der Waals surface area contributed by atoms with Gasteiger partial charge in [-0.1, -0.05) is 60.7 Å². The Hall–Kier alpha value is -2.70. The van der Waals surface area contributed by atoms with E-state index in [2.05, 4.69) is 0 Å². The van der Waals surface area contributed by atoms with E-state index in [0.29, 0.717) is 13.0 Å². The number of hydrogen-bond acceptors (Lipinski definition) is 4. The van der Waals surface area contributed by atoms with Crippen molar-refractivity contribution in [2.24, 2.45) is 0 Å². The molecule has 0 unspecified atom stereocenters. The molecular weight excluding hydrogens is 334 g/mol. The molecule has 2 saturated heterocycles. The number of amides is 1. The standard InChI is InChI=1S/C20H19NO5/c22-18-20-25-16(17(26-20)19(23)24)15(11-13-7-3-1-4-8-13)21(18)12-14-9-5-2-6-10-14/h1-10,15-17,20H,11-12H2,(H,23,24)/t15-,16+,17-,20-/m1/s1. The summed E-state index contributed by atoms with van der Waals surface area (Å²) in [4.78, 5) is 26.1. The number of fused-ring (bicyclic) bond motifs is 2. The van der Waals surface area contributed by atoms with Crippen LogP contribution in [-0.2, 0) is 32.0 Å². The van der Waals surface area contributed by atoms with Gasteiger partial charge in [-0.25, -0.2) is 4.79 Å². The second kappa shape index (κ2) is 6.90. The van der Waals surface area contributed by atoms with Crippen molar-refractivity contribution in [2.75, 3.05) is 0 Å². The predicted molar refractivity (Wildman–Crippen MR) is 92.1 cm³/mol. The lowest BCUT2D eigenvalue weighted by Crippen LogP contribution is -2.57. The first-order valence-electron chi connectivity index (χ1n) is 8.55. The van der Waals surface area contributed by atoms with Crippen molar-refractivity contribution in [3.05, 3.63) is 71.8 Å². The van der Waals surface area contributed by atoms with Crippen LogP contribution in [0.15, 0.2) is 60.7 Å². The second-order valence-corrected chi connectivity index (χ2v) is 6.54. The maximum atomic E-state index is 12.8. The molecule has 4 atom stereocenters. The number of carbonyl (C=O) groups is 2. The van der Waals surface area contributed by atoms with Crippen molar-refractivity contribution in [1.82, 2.24) is 4.90 Å². The topological polar surface area (TPSA) is 76.1 Å². The van der Waals surface area contributed by atoms with Crippen molar-refractivity contribution in [3.63, 3.8) is 0 Å². The number of hydrogen-bond donors (Lipinski definition) is 1. The lowest BCUT2D eigenvalue weighted by atomic mass is 9.95. The highest BCUT2D eigenvalue weighted by Crippen LogP contribution is 2.34. The van der Waals surface area contributed by atoms with Crippen LogP contribution < -0.4 is 0 Å². The molecule has 2 aliphatic heterocycles. The number of aliphatic carboxylic acids is 1. The number of carboxylic acid groups (broad SMARTS) is 1. The summed E-state index contributed by atoms with van der Waals surface area (Å²) in [5.74, 6) is -1.43. The largest absolute Gasteiger partial charge is 0.479 e. The van der Waals surface area contributed by atoms with Crippen molar-refractivity contribution in [1.29, 1.82) is 0 Å². The first-order valence-corrected chi connectivity index (χ1v) is 8.55. The van der Waals surface area contributed by atoms with Crippen LogP contribution in [0.4, 0.5) is 0 Å². The van der Waals surface area contributed by atoms with E-state index in [9.17, 15) is 14.7 Å². The SMILES string of the molecule is O=C(O)[C@@H]1O[C@H]2O[C@H]1[C@@H](Cc1ccccc1)N(Cc1ccccc1)C2=O. The molecule has 2 aromatic carbocycles. The van der Waals surface area contributed by atoms with E-state index in [1.807, 2.05) is 60.7 Å². The summed E-state index contributed by atoms with van der Waals surface area (Å²) in [6.45, 7) is 0.392. The fraction of sp³-hybridized carbons (Fsp3) is 0.300. The molecule has 2 heterocycles. The van der Waals surface area contributed by atoms with Crippen LogP contribution in [-0.4, -0.2) is 46.4 Å². The molecule has 6 heteroatoms. The third kappa shape index (κ3) is 3.09. The Morgan fingerprint density at radius 2 is 1.58 bits per heavy atom. The third-order valence-electron chi connectivity index (χ3n) is 4.84. The predicted octanol–water partition coefficient (Wildman–Crippen LogP) is 1.83. The van der Waals surface area contributed by atoms with E-state index in [0.717, 1.165) is 11.1 Å². The lowest BCUT2D eigenvalue weighted by molar-refractivity contribution is -0.179. The van der Waals surface area contributed by atoms with Crippen LogP contribution in [0.2, 0.25) is 0 Å². The number of carboxylic acids is 1. The maximum absolute atomic E-state index is 12.8. The molecule has 0 aliphatic carbocycles. The first kappa shape index (κ1) is 16.8. The molecule has 134 valence electrons. The van der Waals surface area contributed by atoms with Gasteiger partial charge in [-0.05, 0) is 17.5 Å². The minimum Gasteiger partial charge on any atom is -0.479 e. The molecule has 2 aliphatic rings. The van der Waals surface area contributed by atoms with E-state index in [1.54, 1.807) is 4.90 Å². The van der Waals surface area contributed by atoms with Gasteiger partial charge in [0, 0.05) is 6.54 Å². The number of morpholine rings is 1. The molecule has 2 aromatic rings. The molecule has 2 fully saturated rings. The monoisotopic (exact) mass is 353 g/mol. The molecule has 0 aromatic heterocycles. The van der Waals surface area contributed by atoms with Crippen LogP contribution in [0, 0.1) is 0 Å². The number of benzene rings is 2. The highest BCUT2D eigenvalue weighted by molar-refractivity contribution is 5.84. The summed E-state index contributed by atoms with van der Waals surface area (Å²) in [5.41, 5.74) is 1.99. The number of ether oxygens (including phenoxy) is 2.